The van der Waals surface area contributed by atoms with Crippen LogP contribution in [0, 0.1) is 11.8 Å². The van der Waals surface area contributed by atoms with Crippen LogP contribution in [0.1, 0.15) is 13.8 Å². The van der Waals surface area contributed by atoms with Gasteiger partial charge in [0.15, 0.2) is 0 Å². The van der Waals surface area contributed by atoms with Gasteiger partial charge in [-0.1, -0.05) is 19.1 Å². The molecule has 0 saturated carbocycles. The molecule has 0 bridgehead atoms. The van der Waals surface area contributed by atoms with Crippen LogP contribution in [0.4, 0.5) is 0 Å². The molecule has 1 aliphatic heterocycles. The van der Waals surface area contributed by atoms with Gasteiger partial charge in [0.25, 0.3) is 0 Å². The van der Waals surface area contributed by atoms with E-state index in [2.05, 4.69) is 18.8 Å². The molecule has 1 aliphatic rings. The zero-order chi connectivity index (χ0) is 10.7. The van der Waals surface area contributed by atoms with Crippen LogP contribution in [0.3, 0.4) is 0 Å². The first-order valence-corrected chi connectivity index (χ1v) is 5.12. The third-order valence-electron chi connectivity index (χ3n) is 2.72. The lowest BCUT2D eigenvalue weighted by Crippen LogP contribution is -2.36. The Bertz CT molecular complexity index is 237. The maximum absolute atomic E-state index is 11.9. The van der Waals surface area contributed by atoms with Crippen LogP contribution >= 0.6 is 0 Å². The maximum Gasteiger partial charge on any atom is 0.227 e. The normalized spacial score (nSPS) is 26.2. The molecule has 2 atom stereocenters. The number of hydrogen-bond donors (Lipinski definition) is 1. The number of nitrogens with one attached hydrogen (secondary N) is 1. The number of carbonyl (C=O) groups excluding carboxylic acids is 1. The zero-order valence-corrected chi connectivity index (χ0v) is 9.34. The molecule has 2 unspecified atom stereocenters. The van der Waals surface area contributed by atoms with E-state index in [9.17, 15) is 4.79 Å². The monoisotopic (exact) mass is 196 g/mol. The number of nitrogens with zero attached hydrogens (tertiary/aromatic N) is 1. The topological polar surface area (TPSA) is 32.3 Å². The minimum Gasteiger partial charge on any atom is -0.341 e. The average molecular weight is 196 g/mol. The van der Waals surface area contributed by atoms with Gasteiger partial charge in [0.05, 0.1) is 5.92 Å². The molecule has 1 amide bonds. The van der Waals surface area contributed by atoms with Crippen molar-refractivity contribution < 1.29 is 4.79 Å². The molecule has 1 heterocycles. The Morgan fingerprint density at radius 2 is 2.21 bits per heavy atom. The summed E-state index contributed by atoms with van der Waals surface area (Å²) < 4.78 is 0. The molecule has 1 fully saturated rings. The third-order valence-corrected chi connectivity index (χ3v) is 2.72. The molecular weight excluding hydrogens is 176 g/mol. The smallest absolute Gasteiger partial charge is 0.227 e. The number of carbonyl (C=O) groups is 1. The first-order chi connectivity index (χ1) is 6.52. The minimum absolute atomic E-state index is 0.152. The molecule has 0 aromatic heterocycles. The van der Waals surface area contributed by atoms with E-state index in [0.29, 0.717) is 12.5 Å². The van der Waals surface area contributed by atoms with E-state index in [1.165, 1.54) is 0 Å². The number of amides is 1. The summed E-state index contributed by atoms with van der Waals surface area (Å²) in [6, 6.07) is 0. The van der Waals surface area contributed by atoms with Crippen molar-refractivity contribution in [3.8, 4) is 0 Å². The molecule has 0 spiro atoms. The van der Waals surface area contributed by atoms with E-state index < -0.39 is 0 Å². The van der Waals surface area contributed by atoms with Crippen molar-refractivity contribution in [2.24, 2.45) is 11.8 Å². The van der Waals surface area contributed by atoms with Gasteiger partial charge < -0.3 is 10.2 Å². The highest BCUT2D eigenvalue weighted by Gasteiger charge is 2.31. The van der Waals surface area contributed by atoms with E-state index in [-0.39, 0.29) is 11.8 Å². The summed E-state index contributed by atoms with van der Waals surface area (Å²) in [7, 11) is 1.85. The fraction of sp³-hybridized carbons (Fsp3) is 0.727. The molecule has 3 nitrogen and oxygen atoms in total. The van der Waals surface area contributed by atoms with Crippen molar-refractivity contribution in [1.82, 2.24) is 10.2 Å². The Balaban J connectivity index is 2.51. The van der Waals surface area contributed by atoms with Crippen molar-refractivity contribution in [3.05, 3.63) is 12.2 Å². The van der Waals surface area contributed by atoms with Crippen molar-refractivity contribution >= 4 is 5.91 Å². The van der Waals surface area contributed by atoms with Crippen LogP contribution in [0.5, 0.6) is 0 Å². The van der Waals surface area contributed by atoms with Crippen LogP contribution in [0.15, 0.2) is 12.2 Å². The Kier molecular flexibility index (Phi) is 3.69. The molecule has 0 aromatic rings. The molecule has 80 valence electrons. The summed E-state index contributed by atoms with van der Waals surface area (Å²) >= 11 is 0. The second-order valence-corrected chi connectivity index (χ2v) is 4.39. The van der Waals surface area contributed by atoms with Crippen molar-refractivity contribution in [1.29, 1.82) is 0 Å². The second kappa shape index (κ2) is 4.60. The number of likely N-dealkylation sites (N-methyl/N-ethyl adjacent to an activating group) is 1. The van der Waals surface area contributed by atoms with E-state index in [1.54, 1.807) is 4.90 Å². The standard InChI is InChI=1S/C11H20N2O/c1-8(2)7-13(4)11(14)10-6-12-5-9(10)3/h9-10,12H,1,5-7H2,2-4H3. The molecule has 3 heteroatoms. The van der Waals surface area contributed by atoms with Crippen LogP contribution in [-0.2, 0) is 4.79 Å². The first-order valence-electron chi connectivity index (χ1n) is 5.12. The second-order valence-electron chi connectivity index (χ2n) is 4.39. The molecule has 1 rings (SSSR count). The number of hydrogen-bond acceptors (Lipinski definition) is 2. The van der Waals surface area contributed by atoms with Crippen LogP contribution < -0.4 is 5.32 Å². The van der Waals surface area contributed by atoms with Crippen LogP contribution in [0.25, 0.3) is 0 Å². The van der Waals surface area contributed by atoms with Gasteiger partial charge in [-0.2, -0.15) is 0 Å². The summed E-state index contributed by atoms with van der Waals surface area (Å²) in [4.78, 5) is 13.7. The summed E-state index contributed by atoms with van der Waals surface area (Å²) in [6.07, 6.45) is 0. The van der Waals surface area contributed by atoms with Crippen molar-refractivity contribution in [2.75, 3.05) is 26.7 Å². The molecule has 0 aromatic carbocycles. The maximum atomic E-state index is 11.9. The van der Waals surface area contributed by atoms with Crippen molar-refractivity contribution in [3.63, 3.8) is 0 Å². The summed E-state index contributed by atoms with van der Waals surface area (Å²) in [5.74, 6) is 0.847. The van der Waals surface area contributed by atoms with Gasteiger partial charge in [0.2, 0.25) is 5.91 Å². The van der Waals surface area contributed by atoms with Gasteiger partial charge in [-0.15, -0.1) is 0 Å². The molecular formula is C11H20N2O. The van der Waals surface area contributed by atoms with Gasteiger partial charge in [-0.3, -0.25) is 4.79 Å². The van der Waals surface area contributed by atoms with E-state index in [4.69, 9.17) is 0 Å². The average Bonchev–Trinajstić information content (AvgIpc) is 2.48. The number of rotatable bonds is 3. The molecule has 1 saturated heterocycles. The largest absolute Gasteiger partial charge is 0.341 e. The first kappa shape index (κ1) is 11.2. The lowest BCUT2D eigenvalue weighted by molar-refractivity contribution is -0.134. The molecule has 0 aliphatic carbocycles. The van der Waals surface area contributed by atoms with Gasteiger partial charge in [-0.05, 0) is 19.4 Å². The Hall–Kier alpha value is -0.830. The van der Waals surface area contributed by atoms with Crippen LogP contribution in [0.2, 0.25) is 0 Å². The highest BCUT2D eigenvalue weighted by Crippen LogP contribution is 2.18. The minimum atomic E-state index is 0.152. The Morgan fingerprint density at radius 1 is 1.57 bits per heavy atom. The Morgan fingerprint density at radius 3 is 2.64 bits per heavy atom. The predicted molar refractivity (Wildman–Crippen MR) is 58.0 cm³/mol. The summed E-state index contributed by atoms with van der Waals surface area (Å²) in [6.45, 7) is 10.3. The lowest BCUT2D eigenvalue weighted by Gasteiger charge is -2.22. The third kappa shape index (κ3) is 2.58. The van der Waals surface area contributed by atoms with E-state index in [1.807, 2.05) is 14.0 Å². The molecule has 14 heavy (non-hydrogen) atoms. The van der Waals surface area contributed by atoms with E-state index in [0.717, 1.165) is 18.7 Å². The summed E-state index contributed by atoms with van der Waals surface area (Å²) in [5.41, 5.74) is 1.03. The van der Waals surface area contributed by atoms with E-state index >= 15 is 0 Å². The van der Waals surface area contributed by atoms with Gasteiger partial charge in [0.1, 0.15) is 0 Å². The Labute approximate surface area is 86.2 Å². The zero-order valence-electron chi connectivity index (χ0n) is 9.34. The highest BCUT2D eigenvalue weighted by atomic mass is 16.2. The molecule has 0 radical (unpaired) electrons. The SMILES string of the molecule is C=C(C)CN(C)C(=O)C1CNCC1C. The van der Waals surface area contributed by atoms with Gasteiger partial charge >= 0.3 is 0 Å². The fourth-order valence-corrected chi connectivity index (χ4v) is 1.91. The lowest BCUT2D eigenvalue weighted by atomic mass is 9.97. The van der Waals surface area contributed by atoms with Crippen LogP contribution in [-0.4, -0.2) is 37.5 Å². The van der Waals surface area contributed by atoms with Gasteiger partial charge in [-0.25, -0.2) is 0 Å². The quantitative estimate of drug-likeness (QED) is 0.679. The molecule has 1 N–H and O–H groups in total. The fourth-order valence-electron chi connectivity index (χ4n) is 1.91. The highest BCUT2D eigenvalue weighted by molar-refractivity contribution is 5.79. The van der Waals surface area contributed by atoms with Gasteiger partial charge in [0, 0.05) is 20.1 Å². The predicted octanol–water partition coefficient (Wildman–Crippen LogP) is 0.876. The van der Waals surface area contributed by atoms with Crippen molar-refractivity contribution in [2.45, 2.75) is 13.8 Å². The summed E-state index contributed by atoms with van der Waals surface area (Å²) in [5, 5.41) is 3.24.